The third-order valence-electron chi connectivity index (χ3n) is 3.70. The second kappa shape index (κ2) is 2.56. The van der Waals surface area contributed by atoms with Crippen molar-refractivity contribution in [1.82, 2.24) is 0 Å². The summed E-state index contributed by atoms with van der Waals surface area (Å²) in [6, 6.07) is 0. The number of carbonyl (C=O) groups excluding carboxylic acids is 1. The molecule has 3 atom stereocenters. The number of aliphatic hydroxyl groups excluding tert-OH is 1. The number of carbonyl (C=O) groups is 1. The Balaban J connectivity index is 2.26. The number of Topliss-reactive ketones (excluding diaryl/α,β-unsaturated/α-hetero) is 1. The lowest BCUT2D eigenvalue weighted by Gasteiger charge is -2.25. The largest absolute Gasteiger partial charge is 0.392 e. The van der Waals surface area contributed by atoms with E-state index in [1.165, 1.54) is 0 Å². The van der Waals surface area contributed by atoms with Gasteiger partial charge in [0.05, 0.1) is 11.5 Å². The van der Waals surface area contributed by atoms with E-state index in [4.69, 9.17) is 0 Å². The highest BCUT2D eigenvalue weighted by Crippen LogP contribution is 2.49. The lowest BCUT2D eigenvalue weighted by Crippen LogP contribution is -2.35. The van der Waals surface area contributed by atoms with E-state index in [1.807, 2.05) is 6.92 Å². The molecule has 2 fully saturated rings. The molecule has 12 heavy (non-hydrogen) atoms. The van der Waals surface area contributed by atoms with Gasteiger partial charge in [-0.15, -0.1) is 0 Å². The molecule has 0 aromatic rings. The van der Waals surface area contributed by atoms with Crippen LogP contribution in [0.4, 0.5) is 0 Å². The van der Waals surface area contributed by atoms with E-state index < -0.39 is 0 Å². The average Bonchev–Trinajstić information content (AvgIpc) is 2.54. The highest BCUT2D eigenvalue weighted by molar-refractivity contribution is 5.89. The third kappa shape index (κ3) is 0.875. The van der Waals surface area contributed by atoms with Crippen LogP contribution in [0.1, 0.15) is 39.0 Å². The van der Waals surface area contributed by atoms with Gasteiger partial charge in [0.2, 0.25) is 0 Å². The standard InChI is InChI=1S/C10H16O2/c1-7-4-6-10(9(7)12)5-2-3-8(10)11/h7-8,11H,2-6H2,1H3. The molecule has 0 radical (unpaired) electrons. The first-order valence-electron chi connectivity index (χ1n) is 4.89. The summed E-state index contributed by atoms with van der Waals surface area (Å²) in [4.78, 5) is 11.8. The van der Waals surface area contributed by atoms with Crippen molar-refractivity contribution < 1.29 is 9.90 Å². The monoisotopic (exact) mass is 168 g/mol. The van der Waals surface area contributed by atoms with Crippen LogP contribution < -0.4 is 0 Å². The van der Waals surface area contributed by atoms with Gasteiger partial charge in [0, 0.05) is 5.92 Å². The van der Waals surface area contributed by atoms with Crippen LogP contribution in [0.2, 0.25) is 0 Å². The minimum Gasteiger partial charge on any atom is -0.392 e. The number of hydrogen-bond acceptors (Lipinski definition) is 2. The topological polar surface area (TPSA) is 37.3 Å². The Morgan fingerprint density at radius 2 is 2.17 bits per heavy atom. The smallest absolute Gasteiger partial charge is 0.144 e. The predicted molar refractivity (Wildman–Crippen MR) is 45.7 cm³/mol. The maximum absolute atomic E-state index is 11.8. The van der Waals surface area contributed by atoms with Crippen LogP contribution in [-0.2, 0) is 4.79 Å². The van der Waals surface area contributed by atoms with Crippen molar-refractivity contribution in [3.63, 3.8) is 0 Å². The van der Waals surface area contributed by atoms with Gasteiger partial charge < -0.3 is 5.11 Å². The summed E-state index contributed by atoms with van der Waals surface area (Å²) in [5.74, 6) is 0.519. The van der Waals surface area contributed by atoms with Crippen LogP contribution in [0.3, 0.4) is 0 Å². The Morgan fingerprint density at radius 1 is 1.42 bits per heavy atom. The highest BCUT2D eigenvalue weighted by atomic mass is 16.3. The average molecular weight is 168 g/mol. The van der Waals surface area contributed by atoms with Gasteiger partial charge in [0.25, 0.3) is 0 Å². The molecule has 2 aliphatic carbocycles. The van der Waals surface area contributed by atoms with Gasteiger partial charge >= 0.3 is 0 Å². The first kappa shape index (κ1) is 8.24. The molecule has 2 aliphatic rings. The van der Waals surface area contributed by atoms with Crippen molar-refractivity contribution in [1.29, 1.82) is 0 Å². The summed E-state index contributed by atoms with van der Waals surface area (Å²) >= 11 is 0. The van der Waals surface area contributed by atoms with Crippen LogP contribution in [0, 0.1) is 11.3 Å². The van der Waals surface area contributed by atoms with E-state index in [-0.39, 0.29) is 17.4 Å². The molecule has 2 nitrogen and oxygen atoms in total. The normalized spacial score (nSPS) is 47.7. The number of rotatable bonds is 0. The van der Waals surface area contributed by atoms with Crippen molar-refractivity contribution in [2.75, 3.05) is 0 Å². The SMILES string of the molecule is CC1CCC2(CCCC2O)C1=O. The Hall–Kier alpha value is -0.370. The van der Waals surface area contributed by atoms with Crippen LogP contribution >= 0.6 is 0 Å². The summed E-state index contributed by atoms with van der Waals surface area (Å²) in [6.45, 7) is 1.99. The zero-order chi connectivity index (χ0) is 8.77. The van der Waals surface area contributed by atoms with Crippen LogP contribution in [0.25, 0.3) is 0 Å². The fourth-order valence-electron chi connectivity index (χ4n) is 2.85. The zero-order valence-electron chi connectivity index (χ0n) is 7.55. The minimum absolute atomic E-state index is 0.192. The molecular weight excluding hydrogens is 152 g/mol. The van der Waals surface area contributed by atoms with Crippen LogP contribution in [-0.4, -0.2) is 17.0 Å². The Kier molecular flexibility index (Phi) is 1.76. The summed E-state index contributed by atoms with van der Waals surface area (Å²) in [6.07, 6.45) is 4.36. The maximum Gasteiger partial charge on any atom is 0.144 e. The Bertz CT molecular complexity index is 212. The summed E-state index contributed by atoms with van der Waals surface area (Å²) in [7, 11) is 0. The van der Waals surface area contributed by atoms with Gasteiger partial charge in [-0.2, -0.15) is 0 Å². The fourth-order valence-corrected chi connectivity index (χ4v) is 2.85. The minimum atomic E-state index is -0.338. The molecule has 1 N–H and O–H groups in total. The van der Waals surface area contributed by atoms with Crippen molar-refractivity contribution in [3.05, 3.63) is 0 Å². The third-order valence-corrected chi connectivity index (χ3v) is 3.70. The van der Waals surface area contributed by atoms with Crippen molar-refractivity contribution in [2.24, 2.45) is 11.3 Å². The Morgan fingerprint density at radius 3 is 2.58 bits per heavy atom. The lowest BCUT2D eigenvalue weighted by atomic mass is 9.80. The van der Waals surface area contributed by atoms with Crippen LogP contribution in [0.15, 0.2) is 0 Å². The number of hydrogen-bond donors (Lipinski definition) is 1. The summed E-state index contributed by atoms with van der Waals surface area (Å²) < 4.78 is 0. The molecular formula is C10H16O2. The van der Waals surface area contributed by atoms with Crippen LogP contribution in [0.5, 0.6) is 0 Å². The molecule has 0 heterocycles. The van der Waals surface area contributed by atoms with Gasteiger partial charge in [-0.25, -0.2) is 0 Å². The first-order valence-corrected chi connectivity index (χ1v) is 4.89. The number of ketones is 1. The second-order valence-corrected chi connectivity index (χ2v) is 4.37. The molecule has 2 heteroatoms. The van der Waals surface area contributed by atoms with E-state index in [0.717, 1.165) is 32.1 Å². The molecule has 2 rings (SSSR count). The van der Waals surface area contributed by atoms with Gasteiger partial charge in [0.1, 0.15) is 5.78 Å². The highest BCUT2D eigenvalue weighted by Gasteiger charge is 2.52. The van der Waals surface area contributed by atoms with E-state index in [2.05, 4.69) is 0 Å². The maximum atomic E-state index is 11.8. The Labute approximate surface area is 73.0 Å². The molecule has 0 aromatic carbocycles. The van der Waals surface area contributed by atoms with Gasteiger partial charge in [-0.05, 0) is 32.1 Å². The zero-order valence-corrected chi connectivity index (χ0v) is 7.55. The van der Waals surface area contributed by atoms with E-state index >= 15 is 0 Å². The molecule has 2 saturated carbocycles. The van der Waals surface area contributed by atoms with E-state index in [9.17, 15) is 9.90 Å². The molecule has 68 valence electrons. The molecule has 0 saturated heterocycles. The quantitative estimate of drug-likeness (QED) is 0.595. The van der Waals surface area contributed by atoms with Gasteiger partial charge in [-0.1, -0.05) is 6.92 Å². The van der Waals surface area contributed by atoms with Crippen molar-refractivity contribution >= 4 is 5.78 Å². The summed E-state index contributed by atoms with van der Waals surface area (Å²) in [5.41, 5.74) is -0.306. The van der Waals surface area contributed by atoms with E-state index in [0.29, 0.717) is 5.78 Å². The van der Waals surface area contributed by atoms with Crippen molar-refractivity contribution in [2.45, 2.75) is 45.1 Å². The molecule has 1 spiro atoms. The molecule has 0 amide bonds. The predicted octanol–water partition coefficient (Wildman–Crippen LogP) is 1.52. The summed E-state index contributed by atoms with van der Waals surface area (Å²) in [5, 5.41) is 9.75. The fraction of sp³-hybridized carbons (Fsp3) is 0.900. The van der Waals surface area contributed by atoms with Gasteiger partial charge in [-0.3, -0.25) is 4.79 Å². The van der Waals surface area contributed by atoms with Crippen molar-refractivity contribution in [3.8, 4) is 0 Å². The number of aliphatic hydroxyl groups is 1. The van der Waals surface area contributed by atoms with Gasteiger partial charge in [0.15, 0.2) is 0 Å². The molecule has 0 bridgehead atoms. The first-order chi connectivity index (χ1) is 5.67. The lowest BCUT2D eigenvalue weighted by molar-refractivity contribution is -0.132. The second-order valence-electron chi connectivity index (χ2n) is 4.37. The molecule has 0 aromatic heterocycles. The molecule has 3 unspecified atom stereocenters. The molecule has 0 aliphatic heterocycles. The van der Waals surface area contributed by atoms with E-state index in [1.54, 1.807) is 0 Å².